The maximum Gasteiger partial charge on any atom is 0.0104 e. The lowest BCUT2D eigenvalue weighted by Gasteiger charge is -2.27. The predicted octanol–water partition coefficient (Wildman–Crippen LogP) is 2.11. The molecule has 2 heteroatoms. The molecule has 0 aromatic heterocycles. The van der Waals surface area contributed by atoms with Crippen molar-refractivity contribution in [3.63, 3.8) is 0 Å². The zero-order valence-corrected chi connectivity index (χ0v) is 10.1. The van der Waals surface area contributed by atoms with Crippen LogP contribution in [0.4, 0.5) is 0 Å². The SMILES string of the molecule is CCCN(CC)CC1CCCC1NC. The largest absolute Gasteiger partial charge is 0.317 e. The van der Waals surface area contributed by atoms with Crippen molar-refractivity contribution in [2.75, 3.05) is 26.7 Å². The number of nitrogens with zero attached hydrogens (tertiary/aromatic N) is 1. The first-order valence-corrected chi connectivity index (χ1v) is 6.21. The Morgan fingerprint density at radius 2 is 2.07 bits per heavy atom. The number of rotatable bonds is 6. The van der Waals surface area contributed by atoms with Crippen molar-refractivity contribution in [1.82, 2.24) is 10.2 Å². The molecule has 0 aromatic rings. The van der Waals surface area contributed by atoms with E-state index in [2.05, 4.69) is 31.1 Å². The Kier molecular flexibility index (Phi) is 5.49. The fraction of sp³-hybridized carbons (Fsp3) is 1.00. The summed E-state index contributed by atoms with van der Waals surface area (Å²) in [5.74, 6) is 0.895. The van der Waals surface area contributed by atoms with E-state index in [0.29, 0.717) is 0 Å². The Hall–Kier alpha value is -0.0800. The summed E-state index contributed by atoms with van der Waals surface area (Å²) in [6.07, 6.45) is 5.50. The Bertz CT molecular complexity index is 147. The van der Waals surface area contributed by atoms with E-state index in [1.807, 2.05) is 0 Å². The van der Waals surface area contributed by atoms with Gasteiger partial charge in [-0.1, -0.05) is 20.3 Å². The molecule has 1 fully saturated rings. The third-order valence-corrected chi connectivity index (χ3v) is 3.51. The van der Waals surface area contributed by atoms with Crippen LogP contribution in [0.1, 0.15) is 39.5 Å². The van der Waals surface area contributed by atoms with Gasteiger partial charge in [-0.15, -0.1) is 0 Å². The molecule has 2 nitrogen and oxygen atoms in total. The van der Waals surface area contributed by atoms with Gasteiger partial charge in [-0.25, -0.2) is 0 Å². The molecule has 0 radical (unpaired) electrons. The van der Waals surface area contributed by atoms with E-state index >= 15 is 0 Å². The second-order valence-corrected chi connectivity index (χ2v) is 4.48. The van der Waals surface area contributed by atoms with E-state index in [1.54, 1.807) is 0 Å². The molecular formula is C12H26N2. The molecule has 0 saturated heterocycles. The van der Waals surface area contributed by atoms with E-state index in [-0.39, 0.29) is 0 Å². The van der Waals surface area contributed by atoms with Crippen molar-refractivity contribution in [2.24, 2.45) is 5.92 Å². The maximum atomic E-state index is 3.46. The van der Waals surface area contributed by atoms with Gasteiger partial charge in [-0.05, 0) is 45.3 Å². The molecule has 0 aromatic carbocycles. The predicted molar refractivity (Wildman–Crippen MR) is 62.6 cm³/mol. The monoisotopic (exact) mass is 198 g/mol. The molecule has 0 amide bonds. The smallest absolute Gasteiger partial charge is 0.0104 e. The minimum absolute atomic E-state index is 0.779. The van der Waals surface area contributed by atoms with Crippen LogP contribution < -0.4 is 5.32 Å². The van der Waals surface area contributed by atoms with Gasteiger partial charge in [0, 0.05) is 12.6 Å². The van der Waals surface area contributed by atoms with Crippen molar-refractivity contribution in [3.05, 3.63) is 0 Å². The van der Waals surface area contributed by atoms with Gasteiger partial charge in [0.2, 0.25) is 0 Å². The van der Waals surface area contributed by atoms with Crippen molar-refractivity contribution < 1.29 is 0 Å². The Morgan fingerprint density at radius 3 is 2.64 bits per heavy atom. The first kappa shape index (κ1) is 12.0. The highest BCUT2D eigenvalue weighted by molar-refractivity contribution is 4.84. The van der Waals surface area contributed by atoms with Gasteiger partial charge in [0.25, 0.3) is 0 Å². The summed E-state index contributed by atoms with van der Waals surface area (Å²) in [6.45, 7) is 8.33. The molecule has 0 spiro atoms. The van der Waals surface area contributed by atoms with Gasteiger partial charge in [-0.3, -0.25) is 0 Å². The average Bonchev–Trinajstić information content (AvgIpc) is 2.64. The topological polar surface area (TPSA) is 15.3 Å². The minimum Gasteiger partial charge on any atom is -0.317 e. The van der Waals surface area contributed by atoms with Gasteiger partial charge >= 0.3 is 0 Å². The van der Waals surface area contributed by atoms with Crippen LogP contribution in [-0.4, -0.2) is 37.6 Å². The summed E-state index contributed by atoms with van der Waals surface area (Å²) in [7, 11) is 2.11. The molecule has 1 aliphatic rings. The highest BCUT2D eigenvalue weighted by Gasteiger charge is 2.26. The van der Waals surface area contributed by atoms with Crippen LogP contribution in [0.2, 0.25) is 0 Å². The lowest BCUT2D eigenvalue weighted by atomic mass is 10.0. The zero-order chi connectivity index (χ0) is 10.4. The van der Waals surface area contributed by atoms with Crippen LogP contribution in [0.25, 0.3) is 0 Å². The van der Waals surface area contributed by atoms with Crippen LogP contribution in [0.15, 0.2) is 0 Å². The summed E-state index contributed by atoms with van der Waals surface area (Å²) in [5.41, 5.74) is 0. The van der Waals surface area contributed by atoms with E-state index in [1.165, 1.54) is 45.3 Å². The summed E-state index contributed by atoms with van der Waals surface area (Å²) < 4.78 is 0. The standard InChI is InChI=1S/C12H26N2/c1-4-9-14(5-2)10-11-7-6-8-12(11)13-3/h11-13H,4-10H2,1-3H3. The van der Waals surface area contributed by atoms with Crippen LogP contribution in [0.3, 0.4) is 0 Å². The fourth-order valence-electron chi connectivity index (χ4n) is 2.66. The van der Waals surface area contributed by atoms with Crippen molar-refractivity contribution in [3.8, 4) is 0 Å². The Balaban J connectivity index is 2.32. The lowest BCUT2D eigenvalue weighted by molar-refractivity contribution is 0.225. The van der Waals surface area contributed by atoms with Gasteiger partial charge in [0.15, 0.2) is 0 Å². The van der Waals surface area contributed by atoms with Crippen LogP contribution in [0.5, 0.6) is 0 Å². The molecule has 0 heterocycles. The molecule has 1 N–H and O–H groups in total. The maximum absolute atomic E-state index is 3.46. The minimum atomic E-state index is 0.779. The van der Waals surface area contributed by atoms with E-state index in [4.69, 9.17) is 0 Å². The normalized spacial score (nSPS) is 27.4. The molecule has 0 aliphatic heterocycles. The third-order valence-electron chi connectivity index (χ3n) is 3.51. The van der Waals surface area contributed by atoms with Crippen molar-refractivity contribution in [1.29, 1.82) is 0 Å². The first-order valence-electron chi connectivity index (χ1n) is 6.21. The second-order valence-electron chi connectivity index (χ2n) is 4.48. The number of hydrogen-bond acceptors (Lipinski definition) is 2. The summed E-state index contributed by atoms with van der Waals surface area (Å²) in [5, 5.41) is 3.46. The molecule has 1 aliphatic carbocycles. The molecule has 84 valence electrons. The average molecular weight is 198 g/mol. The third kappa shape index (κ3) is 3.25. The molecule has 2 unspecified atom stereocenters. The van der Waals surface area contributed by atoms with Crippen molar-refractivity contribution in [2.45, 2.75) is 45.6 Å². The van der Waals surface area contributed by atoms with Gasteiger partial charge in [0.1, 0.15) is 0 Å². The molecule has 14 heavy (non-hydrogen) atoms. The van der Waals surface area contributed by atoms with E-state index in [0.717, 1.165) is 12.0 Å². The second kappa shape index (κ2) is 6.41. The molecule has 1 saturated carbocycles. The van der Waals surface area contributed by atoms with Crippen LogP contribution in [-0.2, 0) is 0 Å². The number of nitrogens with one attached hydrogen (secondary N) is 1. The molecule has 0 bridgehead atoms. The quantitative estimate of drug-likeness (QED) is 0.703. The highest BCUT2D eigenvalue weighted by Crippen LogP contribution is 2.26. The summed E-state index contributed by atoms with van der Waals surface area (Å²) in [6, 6.07) is 0.779. The summed E-state index contributed by atoms with van der Waals surface area (Å²) >= 11 is 0. The highest BCUT2D eigenvalue weighted by atomic mass is 15.1. The summed E-state index contributed by atoms with van der Waals surface area (Å²) in [4.78, 5) is 2.60. The molecule has 1 rings (SSSR count). The van der Waals surface area contributed by atoms with Crippen LogP contribution >= 0.6 is 0 Å². The van der Waals surface area contributed by atoms with Crippen LogP contribution in [0, 0.1) is 5.92 Å². The van der Waals surface area contributed by atoms with E-state index in [9.17, 15) is 0 Å². The first-order chi connectivity index (χ1) is 6.81. The Morgan fingerprint density at radius 1 is 1.29 bits per heavy atom. The lowest BCUT2D eigenvalue weighted by Crippen LogP contribution is -2.38. The van der Waals surface area contributed by atoms with E-state index < -0.39 is 0 Å². The Labute approximate surface area is 89.1 Å². The molecule has 2 atom stereocenters. The number of hydrogen-bond donors (Lipinski definition) is 1. The molecular weight excluding hydrogens is 172 g/mol. The van der Waals surface area contributed by atoms with Crippen molar-refractivity contribution >= 4 is 0 Å². The van der Waals surface area contributed by atoms with Gasteiger partial charge < -0.3 is 10.2 Å². The zero-order valence-electron chi connectivity index (χ0n) is 10.1. The van der Waals surface area contributed by atoms with Gasteiger partial charge in [0.05, 0.1) is 0 Å². The fourth-order valence-corrected chi connectivity index (χ4v) is 2.66. The van der Waals surface area contributed by atoms with Gasteiger partial charge in [-0.2, -0.15) is 0 Å².